The Morgan fingerprint density at radius 1 is 1.20 bits per heavy atom. The number of rotatable bonds is 7. The zero-order valence-electron chi connectivity index (χ0n) is 13.9. The normalized spacial score (nSPS) is 12.0. The lowest BCUT2D eigenvalue weighted by Crippen LogP contribution is -2.13. The highest BCUT2D eigenvalue weighted by Gasteiger charge is 2.21. The molecule has 0 aliphatic heterocycles. The molecule has 3 aromatic rings. The summed E-state index contributed by atoms with van der Waals surface area (Å²) in [5.74, 6) is 1.50. The van der Waals surface area contributed by atoms with Crippen LogP contribution in [0.1, 0.15) is 17.3 Å². The quantitative estimate of drug-likeness (QED) is 0.452. The second-order valence-corrected chi connectivity index (χ2v) is 7.28. The lowest BCUT2D eigenvalue weighted by molar-refractivity contribution is 0.0993. The average Bonchev–Trinajstić information content (AvgIpc) is 3.31. The minimum atomic E-state index is -0.380. The van der Waals surface area contributed by atoms with E-state index in [1.165, 1.54) is 30.2 Å². The molecule has 0 amide bonds. The first-order valence-electron chi connectivity index (χ1n) is 7.42. The van der Waals surface area contributed by atoms with Crippen LogP contribution in [0.4, 0.5) is 0 Å². The van der Waals surface area contributed by atoms with Crippen LogP contribution in [-0.2, 0) is 0 Å². The van der Waals surface area contributed by atoms with Gasteiger partial charge < -0.3 is 13.9 Å². The number of Topliss-reactive ketones (excluding diaryl/α,β-unsaturated/α-hetero) is 1. The van der Waals surface area contributed by atoms with Gasteiger partial charge in [0.15, 0.2) is 17.3 Å². The van der Waals surface area contributed by atoms with Gasteiger partial charge in [-0.25, -0.2) is 0 Å². The van der Waals surface area contributed by atoms with Crippen LogP contribution in [0.5, 0.6) is 11.5 Å². The Morgan fingerprint density at radius 3 is 2.68 bits per heavy atom. The third-order valence-electron chi connectivity index (χ3n) is 3.45. The van der Waals surface area contributed by atoms with Crippen LogP contribution in [0.2, 0.25) is 0 Å². The van der Waals surface area contributed by atoms with E-state index in [2.05, 4.69) is 10.2 Å². The van der Waals surface area contributed by atoms with Gasteiger partial charge in [-0.05, 0) is 36.6 Å². The smallest absolute Gasteiger partial charge is 0.277 e. The molecular weight excluding hydrogens is 360 g/mol. The molecule has 130 valence electrons. The Morgan fingerprint density at radius 2 is 2.00 bits per heavy atom. The zero-order valence-corrected chi connectivity index (χ0v) is 15.5. The molecule has 2 heterocycles. The SMILES string of the molecule is COc1ccc(C(=O)[C@H](C)Sc2nnc(-c3cccs3)o2)cc1OC. The third kappa shape index (κ3) is 3.85. The summed E-state index contributed by atoms with van der Waals surface area (Å²) < 4.78 is 16.1. The Kier molecular flexibility index (Phi) is 5.40. The van der Waals surface area contributed by atoms with Crippen LogP contribution in [0.15, 0.2) is 45.4 Å². The molecule has 0 bridgehead atoms. The number of thioether (sulfide) groups is 1. The summed E-state index contributed by atoms with van der Waals surface area (Å²) in [6, 6.07) is 8.92. The number of hydrogen-bond acceptors (Lipinski definition) is 8. The van der Waals surface area contributed by atoms with Gasteiger partial charge >= 0.3 is 0 Å². The summed E-state index contributed by atoms with van der Waals surface area (Å²) >= 11 is 2.75. The lowest BCUT2D eigenvalue weighted by Gasteiger charge is -2.11. The second-order valence-electron chi connectivity index (χ2n) is 5.04. The minimum Gasteiger partial charge on any atom is -0.493 e. The number of carbonyl (C=O) groups excluding carboxylic acids is 1. The Hall–Kier alpha value is -2.32. The first-order valence-corrected chi connectivity index (χ1v) is 9.18. The summed E-state index contributed by atoms with van der Waals surface area (Å²) in [4.78, 5) is 13.5. The molecule has 0 radical (unpaired) electrons. The number of hydrogen-bond donors (Lipinski definition) is 0. The Labute approximate surface area is 153 Å². The van der Waals surface area contributed by atoms with Gasteiger partial charge in [0.05, 0.1) is 24.3 Å². The van der Waals surface area contributed by atoms with Gasteiger partial charge in [-0.3, -0.25) is 4.79 Å². The number of nitrogens with zero attached hydrogens (tertiary/aromatic N) is 2. The number of carbonyl (C=O) groups is 1. The summed E-state index contributed by atoms with van der Waals surface area (Å²) in [6.45, 7) is 1.80. The molecule has 0 saturated carbocycles. The van der Waals surface area contributed by atoms with Crippen molar-refractivity contribution in [2.24, 2.45) is 0 Å². The molecular formula is C17H16N2O4S2. The Bertz CT molecular complexity index is 861. The maximum Gasteiger partial charge on any atom is 0.277 e. The predicted octanol–water partition coefficient (Wildman–Crippen LogP) is 4.18. The van der Waals surface area contributed by atoms with Crippen LogP contribution in [-0.4, -0.2) is 35.5 Å². The summed E-state index contributed by atoms with van der Waals surface area (Å²) in [5.41, 5.74) is 0.538. The molecule has 0 spiro atoms. The second kappa shape index (κ2) is 7.71. The fourth-order valence-electron chi connectivity index (χ4n) is 2.19. The molecule has 6 nitrogen and oxygen atoms in total. The van der Waals surface area contributed by atoms with E-state index in [-0.39, 0.29) is 11.0 Å². The molecule has 0 N–H and O–H groups in total. The van der Waals surface area contributed by atoms with E-state index >= 15 is 0 Å². The zero-order chi connectivity index (χ0) is 17.8. The third-order valence-corrected chi connectivity index (χ3v) is 5.25. The van der Waals surface area contributed by atoms with Crippen molar-refractivity contribution in [3.8, 4) is 22.3 Å². The van der Waals surface area contributed by atoms with Gasteiger partial charge in [-0.15, -0.1) is 21.5 Å². The minimum absolute atomic E-state index is 0.0539. The van der Waals surface area contributed by atoms with Gasteiger partial charge in [0, 0.05) is 5.56 Å². The van der Waals surface area contributed by atoms with E-state index in [1.807, 2.05) is 17.5 Å². The van der Waals surface area contributed by atoms with E-state index < -0.39 is 0 Å². The molecule has 25 heavy (non-hydrogen) atoms. The largest absolute Gasteiger partial charge is 0.493 e. The van der Waals surface area contributed by atoms with Crippen molar-refractivity contribution in [3.05, 3.63) is 41.3 Å². The highest BCUT2D eigenvalue weighted by Crippen LogP contribution is 2.32. The molecule has 3 rings (SSSR count). The molecule has 0 unspecified atom stereocenters. The number of thiophene rings is 1. The fourth-order valence-corrected chi connectivity index (χ4v) is 3.59. The first-order chi connectivity index (χ1) is 12.1. The van der Waals surface area contributed by atoms with Crippen LogP contribution < -0.4 is 9.47 Å². The van der Waals surface area contributed by atoms with Crippen LogP contribution in [0.3, 0.4) is 0 Å². The average molecular weight is 376 g/mol. The highest BCUT2D eigenvalue weighted by atomic mass is 32.2. The summed E-state index contributed by atoms with van der Waals surface area (Å²) in [6.07, 6.45) is 0. The fraction of sp³-hybridized carbons (Fsp3) is 0.235. The van der Waals surface area contributed by atoms with E-state index in [1.54, 1.807) is 32.2 Å². The molecule has 0 aliphatic carbocycles. The Balaban J connectivity index is 1.73. The monoisotopic (exact) mass is 376 g/mol. The van der Waals surface area contributed by atoms with Crippen LogP contribution in [0, 0.1) is 0 Å². The molecule has 2 aromatic heterocycles. The van der Waals surface area contributed by atoms with E-state index in [9.17, 15) is 4.79 Å². The number of ether oxygens (including phenoxy) is 2. The van der Waals surface area contributed by atoms with Gasteiger partial charge in [-0.1, -0.05) is 17.8 Å². The molecule has 0 fully saturated rings. The van der Waals surface area contributed by atoms with Gasteiger partial charge in [0.1, 0.15) is 0 Å². The van der Waals surface area contributed by atoms with Crippen molar-refractivity contribution in [2.45, 2.75) is 17.4 Å². The first kappa shape index (κ1) is 17.5. The number of benzene rings is 1. The number of methoxy groups -OCH3 is 2. The predicted molar refractivity (Wildman–Crippen MR) is 96.8 cm³/mol. The van der Waals surface area contributed by atoms with Crippen LogP contribution in [0.25, 0.3) is 10.8 Å². The molecule has 1 aromatic carbocycles. The lowest BCUT2D eigenvalue weighted by atomic mass is 10.1. The number of ketones is 1. The summed E-state index contributed by atoms with van der Waals surface area (Å²) in [7, 11) is 3.09. The van der Waals surface area contributed by atoms with Crippen LogP contribution >= 0.6 is 23.1 Å². The summed E-state index contributed by atoms with van der Waals surface area (Å²) in [5, 5.41) is 9.95. The molecule has 0 aliphatic rings. The van der Waals surface area contributed by atoms with Crippen molar-refractivity contribution in [2.75, 3.05) is 14.2 Å². The molecule has 0 saturated heterocycles. The van der Waals surface area contributed by atoms with Gasteiger partial charge in [0.2, 0.25) is 0 Å². The maximum atomic E-state index is 12.6. The topological polar surface area (TPSA) is 74.5 Å². The van der Waals surface area contributed by atoms with Crippen molar-refractivity contribution >= 4 is 28.9 Å². The van der Waals surface area contributed by atoms with E-state index in [0.29, 0.717) is 28.2 Å². The highest BCUT2D eigenvalue weighted by molar-refractivity contribution is 8.00. The molecule has 1 atom stereocenters. The van der Waals surface area contributed by atoms with Crippen molar-refractivity contribution < 1.29 is 18.7 Å². The van der Waals surface area contributed by atoms with Gasteiger partial charge in [0.25, 0.3) is 11.1 Å². The maximum absolute atomic E-state index is 12.6. The van der Waals surface area contributed by atoms with E-state index in [4.69, 9.17) is 13.9 Å². The van der Waals surface area contributed by atoms with Crippen molar-refractivity contribution in [1.82, 2.24) is 10.2 Å². The van der Waals surface area contributed by atoms with Crippen molar-refractivity contribution in [1.29, 1.82) is 0 Å². The standard InChI is InChI=1S/C17H16N2O4S2/c1-10(15(20)11-6-7-12(21-2)13(9-11)22-3)25-17-19-18-16(23-17)14-5-4-8-24-14/h4-10H,1-3H3/t10-/m0/s1. The van der Waals surface area contributed by atoms with Gasteiger partial charge in [-0.2, -0.15) is 0 Å². The molecule has 8 heteroatoms. The van der Waals surface area contributed by atoms with Crippen molar-refractivity contribution in [3.63, 3.8) is 0 Å². The van der Waals surface area contributed by atoms with E-state index in [0.717, 1.165) is 4.88 Å². The number of aromatic nitrogens is 2.